The summed E-state index contributed by atoms with van der Waals surface area (Å²) in [7, 11) is 0. The van der Waals surface area contributed by atoms with E-state index in [0.717, 1.165) is 39.3 Å². The summed E-state index contributed by atoms with van der Waals surface area (Å²) in [5, 5.41) is 0. The second kappa shape index (κ2) is 4.81. The fraction of sp³-hybridized carbons (Fsp3) is 1.00. The quantitative estimate of drug-likeness (QED) is 0.770. The van der Waals surface area contributed by atoms with Gasteiger partial charge in [-0.1, -0.05) is 13.8 Å². The van der Waals surface area contributed by atoms with E-state index in [0.29, 0.717) is 0 Å². The van der Waals surface area contributed by atoms with Crippen LogP contribution in [-0.4, -0.2) is 43.3 Å². The molecule has 1 aliphatic heterocycles. The monoisotopic (exact) mass is 214 g/mol. The van der Waals surface area contributed by atoms with Gasteiger partial charge in [0.25, 0.3) is 0 Å². The number of nitrogens with zero attached hydrogens (tertiary/aromatic N) is 1. The van der Waals surface area contributed by atoms with E-state index in [2.05, 4.69) is 32.6 Å². The summed E-state index contributed by atoms with van der Waals surface area (Å²) >= 11 is 0. The number of nitrogens with two attached hydrogens (primary N) is 1. The van der Waals surface area contributed by atoms with Gasteiger partial charge in [-0.25, -0.2) is 0 Å². The number of hydrogen-bond acceptors (Lipinski definition) is 3. The molecule has 3 heteroatoms. The molecule has 0 unspecified atom stereocenters. The summed E-state index contributed by atoms with van der Waals surface area (Å²) in [5.74, 6) is 0. The topological polar surface area (TPSA) is 38.5 Å². The summed E-state index contributed by atoms with van der Waals surface area (Å²) in [6.07, 6.45) is 1.05. The predicted octanol–water partition coefficient (Wildman–Crippen LogP) is 1.47. The second-order valence-corrected chi connectivity index (χ2v) is 6.22. The van der Waals surface area contributed by atoms with Crippen molar-refractivity contribution in [1.29, 1.82) is 0 Å². The molecule has 1 aliphatic rings. The highest BCUT2D eigenvalue weighted by Crippen LogP contribution is 2.27. The summed E-state index contributed by atoms with van der Waals surface area (Å²) in [5.41, 5.74) is 6.30. The summed E-state index contributed by atoms with van der Waals surface area (Å²) in [6, 6.07) is 0. The van der Waals surface area contributed by atoms with Crippen molar-refractivity contribution >= 4 is 0 Å². The maximum absolute atomic E-state index is 6.08. The van der Waals surface area contributed by atoms with Gasteiger partial charge in [-0.2, -0.15) is 0 Å². The SMILES string of the molecule is CC(C)(N)CC(C)(C)CN1CCOCC1. The Morgan fingerprint density at radius 3 is 2.13 bits per heavy atom. The molecule has 0 aromatic rings. The Balaban J connectivity index is 2.40. The zero-order valence-corrected chi connectivity index (χ0v) is 10.7. The van der Waals surface area contributed by atoms with Crippen molar-refractivity contribution in [1.82, 2.24) is 4.90 Å². The van der Waals surface area contributed by atoms with E-state index in [4.69, 9.17) is 10.5 Å². The normalized spacial score (nSPS) is 20.6. The van der Waals surface area contributed by atoms with Gasteiger partial charge < -0.3 is 10.5 Å². The van der Waals surface area contributed by atoms with Crippen LogP contribution in [0.3, 0.4) is 0 Å². The molecule has 2 N–H and O–H groups in total. The van der Waals surface area contributed by atoms with Crippen LogP contribution in [0.25, 0.3) is 0 Å². The average Bonchev–Trinajstić information content (AvgIpc) is 1.99. The standard InChI is InChI=1S/C12H26N2O/c1-11(2,9-12(3,4)13)10-14-5-7-15-8-6-14/h5-10,13H2,1-4H3. The van der Waals surface area contributed by atoms with Crippen LogP contribution in [0.5, 0.6) is 0 Å². The summed E-state index contributed by atoms with van der Waals surface area (Å²) in [4.78, 5) is 2.48. The first-order valence-corrected chi connectivity index (χ1v) is 5.88. The molecule has 0 aromatic heterocycles. The minimum absolute atomic E-state index is 0.0736. The number of rotatable bonds is 4. The number of hydrogen-bond donors (Lipinski definition) is 1. The highest BCUT2D eigenvalue weighted by Gasteiger charge is 2.28. The Kier molecular flexibility index (Phi) is 4.15. The van der Waals surface area contributed by atoms with Crippen LogP contribution < -0.4 is 5.73 Å². The van der Waals surface area contributed by atoms with Gasteiger partial charge >= 0.3 is 0 Å². The predicted molar refractivity (Wildman–Crippen MR) is 63.9 cm³/mol. The average molecular weight is 214 g/mol. The van der Waals surface area contributed by atoms with Crippen LogP contribution in [0, 0.1) is 5.41 Å². The third-order valence-electron chi connectivity index (χ3n) is 2.69. The fourth-order valence-corrected chi connectivity index (χ4v) is 2.65. The molecule has 1 saturated heterocycles. The molecule has 0 amide bonds. The van der Waals surface area contributed by atoms with Crippen LogP contribution >= 0.6 is 0 Å². The van der Waals surface area contributed by atoms with Crippen molar-refractivity contribution < 1.29 is 4.74 Å². The number of morpholine rings is 1. The lowest BCUT2D eigenvalue weighted by molar-refractivity contribution is 0.0174. The van der Waals surface area contributed by atoms with Crippen molar-refractivity contribution in [3.8, 4) is 0 Å². The molecule has 1 heterocycles. The van der Waals surface area contributed by atoms with Crippen molar-refractivity contribution in [2.24, 2.45) is 11.1 Å². The lowest BCUT2D eigenvalue weighted by atomic mass is 9.80. The summed E-state index contributed by atoms with van der Waals surface area (Å²) < 4.78 is 5.35. The molecule has 0 radical (unpaired) electrons. The van der Waals surface area contributed by atoms with E-state index < -0.39 is 0 Å². The largest absolute Gasteiger partial charge is 0.379 e. The van der Waals surface area contributed by atoms with E-state index in [1.807, 2.05) is 0 Å². The highest BCUT2D eigenvalue weighted by atomic mass is 16.5. The minimum Gasteiger partial charge on any atom is -0.379 e. The zero-order chi connectivity index (χ0) is 11.5. The molecular formula is C12H26N2O. The maximum Gasteiger partial charge on any atom is 0.0594 e. The van der Waals surface area contributed by atoms with E-state index >= 15 is 0 Å². The lowest BCUT2D eigenvalue weighted by Crippen LogP contribution is -2.45. The fourth-order valence-electron chi connectivity index (χ4n) is 2.65. The van der Waals surface area contributed by atoms with E-state index in [1.165, 1.54) is 0 Å². The molecular weight excluding hydrogens is 188 g/mol. The van der Waals surface area contributed by atoms with Crippen LogP contribution in [0.4, 0.5) is 0 Å². The van der Waals surface area contributed by atoms with Gasteiger partial charge in [0.05, 0.1) is 13.2 Å². The molecule has 1 rings (SSSR count). The molecule has 0 saturated carbocycles. The van der Waals surface area contributed by atoms with Gasteiger partial charge in [0, 0.05) is 25.2 Å². The van der Waals surface area contributed by atoms with E-state index in [-0.39, 0.29) is 11.0 Å². The highest BCUT2D eigenvalue weighted by molar-refractivity contribution is 4.84. The van der Waals surface area contributed by atoms with Gasteiger partial charge in [-0.15, -0.1) is 0 Å². The lowest BCUT2D eigenvalue weighted by Gasteiger charge is -2.38. The molecule has 0 bridgehead atoms. The third kappa shape index (κ3) is 5.50. The first-order chi connectivity index (χ1) is 6.79. The smallest absolute Gasteiger partial charge is 0.0594 e. The van der Waals surface area contributed by atoms with E-state index in [9.17, 15) is 0 Å². The molecule has 90 valence electrons. The van der Waals surface area contributed by atoms with Crippen molar-refractivity contribution in [2.45, 2.75) is 39.7 Å². The van der Waals surface area contributed by atoms with Gasteiger partial charge in [0.15, 0.2) is 0 Å². The van der Waals surface area contributed by atoms with Crippen molar-refractivity contribution in [3.63, 3.8) is 0 Å². The molecule has 0 aromatic carbocycles. The number of ether oxygens (including phenoxy) is 1. The Bertz CT molecular complexity index is 190. The summed E-state index contributed by atoms with van der Waals surface area (Å²) in [6.45, 7) is 13.8. The maximum atomic E-state index is 6.08. The first-order valence-electron chi connectivity index (χ1n) is 5.88. The molecule has 3 nitrogen and oxygen atoms in total. The van der Waals surface area contributed by atoms with Gasteiger partial charge in [-0.3, -0.25) is 4.90 Å². The zero-order valence-electron chi connectivity index (χ0n) is 10.7. The molecule has 0 spiro atoms. The molecule has 15 heavy (non-hydrogen) atoms. The third-order valence-corrected chi connectivity index (χ3v) is 2.69. The Morgan fingerprint density at radius 2 is 1.67 bits per heavy atom. The molecule has 0 atom stereocenters. The van der Waals surface area contributed by atoms with Crippen LogP contribution in [0.2, 0.25) is 0 Å². The minimum atomic E-state index is -0.0736. The first kappa shape index (κ1) is 12.9. The molecule has 0 aliphatic carbocycles. The Labute approximate surface area is 94.0 Å². The van der Waals surface area contributed by atoms with Gasteiger partial charge in [-0.05, 0) is 25.7 Å². The van der Waals surface area contributed by atoms with Crippen LogP contribution in [-0.2, 0) is 4.74 Å². The van der Waals surface area contributed by atoms with Gasteiger partial charge in [0.1, 0.15) is 0 Å². The molecule has 1 fully saturated rings. The van der Waals surface area contributed by atoms with E-state index in [1.54, 1.807) is 0 Å². The van der Waals surface area contributed by atoms with Crippen molar-refractivity contribution in [2.75, 3.05) is 32.8 Å². The van der Waals surface area contributed by atoms with Gasteiger partial charge in [0.2, 0.25) is 0 Å². The van der Waals surface area contributed by atoms with Crippen LogP contribution in [0.15, 0.2) is 0 Å². The Morgan fingerprint density at radius 1 is 1.13 bits per heavy atom. The van der Waals surface area contributed by atoms with Crippen molar-refractivity contribution in [3.05, 3.63) is 0 Å². The van der Waals surface area contributed by atoms with Crippen LogP contribution in [0.1, 0.15) is 34.1 Å². The Hall–Kier alpha value is -0.120. The second-order valence-electron chi connectivity index (χ2n) is 6.22.